The second kappa shape index (κ2) is 9.69. The minimum Gasteiger partial charge on any atom is -0.346 e. The summed E-state index contributed by atoms with van der Waals surface area (Å²) in [6.45, 7) is 1.87. The Kier molecular flexibility index (Phi) is 7.23. The maximum atomic E-state index is 12.6. The maximum Gasteiger partial charge on any atom is 0.251 e. The van der Waals surface area contributed by atoms with Crippen LogP contribution >= 0.6 is 23.4 Å². The van der Waals surface area contributed by atoms with Crippen molar-refractivity contribution in [3.05, 3.63) is 94.5 Å². The molecule has 0 aliphatic carbocycles. The van der Waals surface area contributed by atoms with Crippen LogP contribution in [0.3, 0.4) is 0 Å². The van der Waals surface area contributed by atoms with E-state index in [9.17, 15) is 13.2 Å². The topological polar surface area (TPSA) is 63.2 Å². The number of halogens is 1. The van der Waals surface area contributed by atoms with Crippen LogP contribution in [-0.2, 0) is 15.6 Å². The van der Waals surface area contributed by atoms with Crippen LogP contribution < -0.4 is 5.32 Å². The monoisotopic (exact) mass is 459 g/mol. The van der Waals surface area contributed by atoms with Crippen LogP contribution in [0.15, 0.2) is 82.6 Å². The first-order valence-corrected chi connectivity index (χ1v) is 12.6. The maximum absolute atomic E-state index is 12.6. The highest BCUT2D eigenvalue weighted by molar-refractivity contribution is 7.98. The number of hydrogen-bond acceptors (Lipinski definition) is 4. The molecule has 0 heterocycles. The molecule has 156 valence electrons. The summed E-state index contributed by atoms with van der Waals surface area (Å²) in [5.41, 5.74) is 2.54. The molecule has 0 aromatic heterocycles. The Morgan fingerprint density at radius 3 is 2.13 bits per heavy atom. The van der Waals surface area contributed by atoms with Gasteiger partial charge >= 0.3 is 0 Å². The molecule has 3 aromatic rings. The van der Waals surface area contributed by atoms with Gasteiger partial charge in [0, 0.05) is 27.5 Å². The summed E-state index contributed by atoms with van der Waals surface area (Å²) < 4.78 is 23.1. The van der Waals surface area contributed by atoms with Crippen LogP contribution in [0, 0.1) is 0 Å². The molecule has 0 spiro atoms. The third kappa shape index (κ3) is 6.11. The molecule has 7 heteroatoms. The molecule has 0 bridgehead atoms. The Hall–Kier alpha value is -2.28. The fourth-order valence-corrected chi connectivity index (χ4v) is 4.43. The Bertz CT molecular complexity index is 1110. The first kappa shape index (κ1) is 22.4. The number of nitrogens with one attached hydrogen (secondary N) is 1. The first-order chi connectivity index (χ1) is 14.2. The van der Waals surface area contributed by atoms with Crippen molar-refractivity contribution in [2.24, 2.45) is 0 Å². The van der Waals surface area contributed by atoms with Gasteiger partial charge in [-0.15, -0.1) is 11.8 Å². The van der Waals surface area contributed by atoms with Crippen molar-refractivity contribution in [2.75, 3.05) is 6.26 Å². The van der Waals surface area contributed by atoms with Gasteiger partial charge in [0.05, 0.1) is 10.9 Å². The Morgan fingerprint density at radius 2 is 1.57 bits per heavy atom. The standard InChI is InChI=1S/C23H22ClNO3S2/c1-16(18-7-13-22(14-8-18)30(2,27)28)25-23(26)19-5-3-17(4-6-19)15-29-21-11-9-20(24)10-12-21/h3-14,16H,15H2,1-2H3,(H,25,26)/t16-/m1/s1. The number of carbonyl (C=O) groups is 1. The molecule has 1 N–H and O–H groups in total. The summed E-state index contributed by atoms with van der Waals surface area (Å²) in [5, 5.41) is 3.67. The number of thioether (sulfide) groups is 1. The minimum absolute atomic E-state index is 0.174. The number of benzene rings is 3. The molecule has 0 unspecified atom stereocenters. The average Bonchev–Trinajstić information content (AvgIpc) is 2.73. The smallest absolute Gasteiger partial charge is 0.251 e. The molecule has 0 aliphatic rings. The second-order valence-corrected chi connectivity index (χ2v) is 10.5. The SMILES string of the molecule is C[C@@H](NC(=O)c1ccc(CSc2ccc(Cl)cc2)cc1)c1ccc(S(C)(=O)=O)cc1. The van der Waals surface area contributed by atoms with Gasteiger partial charge in [-0.05, 0) is 66.6 Å². The molecule has 0 saturated heterocycles. The summed E-state index contributed by atoms with van der Waals surface area (Å²) in [4.78, 5) is 13.9. The summed E-state index contributed by atoms with van der Waals surface area (Å²) in [6.07, 6.45) is 1.17. The minimum atomic E-state index is -3.23. The molecular formula is C23H22ClNO3S2. The lowest BCUT2D eigenvalue weighted by Crippen LogP contribution is -2.26. The lowest BCUT2D eigenvalue weighted by Gasteiger charge is -2.15. The van der Waals surface area contributed by atoms with Gasteiger partial charge in [-0.3, -0.25) is 4.79 Å². The highest BCUT2D eigenvalue weighted by Crippen LogP contribution is 2.24. The van der Waals surface area contributed by atoms with Crippen molar-refractivity contribution in [1.82, 2.24) is 5.32 Å². The van der Waals surface area contributed by atoms with Crippen LogP contribution in [0.2, 0.25) is 5.02 Å². The molecule has 3 aromatic carbocycles. The van der Waals surface area contributed by atoms with Gasteiger partial charge in [0.15, 0.2) is 9.84 Å². The Labute approximate surface area is 186 Å². The van der Waals surface area contributed by atoms with Gasteiger partial charge in [0.25, 0.3) is 5.91 Å². The van der Waals surface area contributed by atoms with Gasteiger partial charge in [0.1, 0.15) is 0 Å². The predicted molar refractivity (Wildman–Crippen MR) is 123 cm³/mol. The van der Waals surface area contributed by atoms with E-state index in [1.807, 2.05) is 55.5 Å². The highest BCUT2D eigenvalue weighted by atomic mass is 35.5. The fourth-order valence-electron chi connectivity index (χ4n) is 2.82. The molecule has 0 fully saturated rings. The van der Waals surface area contributed by atoms with E-state index in [4.69, 9.17) is 11.6 Å². The van der Waals surface area contributed by atoms with E-state index in [1.165, 1.54) is 6.26 Å². The summed E-state index contributed by atoms with van der Waals surface area (Å²) >= 11 is 7.61. The van der Waals surface area contributed by atoms with Gasteiger partial charge in [-0.1, -0.05) is 35.9 Å². The van der Waals surface area contributed by atoms with E-state index in [0.717, 1.165) is 26.8 Å². The van der Waals surface area contributed by atoms with Crippen molar-refractivity contribution in [2.45, 2.75) is 28.5 Å². The lowest BCUT2D eigenvalue weighted by atomic mass is 10.1. The number of sulfone groups is 1. The quantitative estimate of drug-likeness (QED) is 0.472. The van der Waals surface area contributed by atoms with E-state index in [-0.39, 0.29) is 16.8 Å². The van der Waals surface area contributed by atoms with Crippen LogP contribution in [0.5, 0.6) is 0 Å². The zero-order chi connectivity index (χ0) is 21.7. The third-order valence-electron chi connectivity index (χ3n) is 4.59. The van der Waals surface area contributed by atoms with Crippen molar-refractivity contribution < 1.29 is 13.2 Å². The van der Waals surface area contributed by atoms with E-state index in [1.54, 1.807) is 36.0 Å². The third-order valence-corrected chi connectivity index (χ3v) is 7.05. The predicted octanol–water partition coefficient (Wildman–Crippen LogP) is 5.53. The van der Waals surface area contributed by atoms with Crippen LogP contribution in [0.1, 0.15) is 34.5 Å². The normalized spacial score (nSPS) is 12.4. The molecule has 1 atom stereocenters. The Morgan fingerprint density at radius 1 is 0.967 bits per heavy atom. The fraction of sp³-hybridized carbons (Fsp3) is 0.174. The number of rotatable bonds is 7. The van der Waals surface area contributed by atoms with Crippen molar-refractivity contribution >= 4 is 39.1 Å². The lowest BCUT2D eigenvalue weighted by molar-refractivity contribution is 0.0940. The number of amides is 1. The Balaban J connectivity index is 1.58. The molecule has 0 aliphatic heterocycles. The molecule has 0 saturated carbocycles. The number of hydrogen-bond donors (Lipinski definition) is 1. The number of carbonyl (C=O) groups excluding carboxylic acids is 1. The second-order valence-electron chi connectivity index (χ2n) is 6.98. The van der Waals surface area contributed by atoms with Crippen molar-refractivity contribution in [3.63, 3.8) is 0 Å². The van der Waals surface area contributed by atoms with Crippen molar-refractivity contribution in [1.29, 1.82) is 0 Å². The van der Waals surface area contributed by atoms with Gasteiger partial charge < -0.3 is 5.32 Å². The van der Waals surface area contributed by atoms with Crippen LogP contribution in [0.4, 0.5) is 0 Å². The summed E-state index contributed by atoms with van der Waals surface area (Å²) in [7, 11) is -3.23. The van der Waals surface area contributed by atoms with E-state index < -0.39 is 9.84 Å². The van der Waals surface area contributed by atoms with Crippen LogP contribution in [0.25, 0.3) is 0 Å². The van der Waals surface area contributed by atoms with E-state index in [2.05, 4.69) is 5.32 Å². The van der Waals surface area contributed by atoms with Gasteiger partial charge in [-0.25, -0.2) is 8.42 Å². The molecule has 0 radical (unpaired) electrons. The van der Waals surface area contributed by atoms with Gasteiger partial charge in [0.2, 0.25) is 0 Å². The average molecular weight is 460 g/mol. The molecule has 3 rings (SSSR count). The molecule has 30 heavy (non-hydrogen) atoms. The largest absolute Gasteiger partial charge is 0.346 e. The first-order valence-electron chi connectivity index (χ1n) is 9.30. The van der Waals surface area contributed by atoms with Crippen molar-refractivity contribution in [3.8, 4) is 0 Å². The zero-order valence-corrected chi connectivity index (χ0v) is 19.0. The van der Waals surface area contributed by atoms with E-state index in [0.29, 0.717) is 5.56 Å². The molecule has 4 nitrogen and oxygen atoms in total. The molecular weight excluding hydrogens is 438 g/mol. The summed E-state index contributed by atoms with van der Waals surface area (Å²) in [5.74, 6) is 0.624. The molecule has 1 amide bonds. The van der Waals surface area contributed by atoms with E-state index >= 15 is 0 Å². The summed E-state index contributed by atoms with van der Waals surface area (Å²) in [6, 6.07) is 21.5. The highest BCUT2D eigenvalue weighted by Gasteiger charge is 2.13. The zero-order valence-electron chi connectivity index (χ0n) is 16.6. The van der Waals surface area contributed by atoms with Gasteiger partial charge in [-0.2, -0.15) is 0 Å². The van der Waals surface area contributed by atoms with Crippen LogP contribution in [-0.4, -0.2) is 20.6 Å².